The normalized spacial score (nSPS) is 10.5. The van der Waals surface area contributed by atoms with Gasteiger partial charge in [0.1, 0.15) is 5.65 Å². The van der Waals surface area contributed by atoms with E-state index in [1.165, 1.54) is 0 Å². The molecule has 1 N–H and O–H groups in total. The monoisotopic (exact) mass is 243 g/mol. The van der Waals surface area contributed by atoms with Gasteiger partial charge in [0.25, 0.3) is 0 Å². The van der Waals surface area contributed by atoms with Crippen molar-refractivity contribution >= 4 is 11.6 Å². The summed E-state index contributed by atoms with van der Waals surface area (Å²) >= 11 is 0. The Kier molecular flexibility index (Phi) is 3.77. The predicted octanol–water partition coefficient (Wildman–Crippen LogP) is 1.88. The third kappa shape index (κ3) is 2.59. The van der Waals surface area contributed by atoms with E-state index < -0.39 is 0 Å². The van der Waals surface area contributed by atoms with Crippen LogP contribution in [0.4, 0.5) is 0 Å². The fourth-order valence-corrected chi connectivity index (χ4v) is 1.97. The number of amides is 1. The molecule has 0 atom stereocenters. The smallest absolute Gasteiger partial charge is 0.220 e. The molecule has 2 heterocycles. The van der Waals surface area contributed by atoms with Gasteiger partial charge in [-0.25, -0.2) is 4.98 Å². The van der Waals surface area contributed by atoms with Gasteiger partial charge in [0, 0.05) is 24.9 Å². The minimum absolute atomic E-state index is 0.0418. The first-order valence-corrected chi connectivity index (χ1v) is 6.02. The Hall–Kier alpha value is -2.10. The van der Waals surface area contributed by atoms with Gasteiger partial charge in [-0.15, -0.1) is 6.58 Å². The quantitative estimate of drug-likeness (QED) is 0.815. The van der Waals surface area contributed by atoms with Gasteiger partial charge < -0.3 is 9.72 Å². The molecular weight excluding hydrogens is 226 g/mol. The zero-order valence-corrected chi connectivity index (χ0v) is 10.5. The largest absolute Gasteiger partial charge is 0.353 e. The number of rotatable bonds is 5. The molecule has 0 aliphatic carbocycles. The van der Waals surface area contributed by atoms with Crippen LogP contribution in [0.15, 0.2) is 37.1 Å². The van der Waals surface area contributed by atoms with Crippen LogP contribution in [0.1, 0.15) is 17.8 Å². The van der Waals surface area contributed by atoms with E-state index in [9.17, 15) is 4.79 Å². The summed E-state index contributed by atoms with van der Waals surface area (Å²) in [6, 6.07) is 5.89. The summed E-state index contributed by atoms with van der Waals surface area (Å²) < 4.78 is 2.04. The van der Waals surface area contributed by atoms with E-state index in [1.54, 1.807) is 6.08 Å². The van der Waals surface area contributed by atoms with Gasteiger partial charge in [-0.3, -0.25) is 4.79 Å². The zero-order valence-electron chi connectivity index (χ0n) is 10.5. The second-order valence-corrected chi connectivity index (χ2v) is 4.17. The van der Waals surface area contributed by atoms with Crippen molar-refractivity contribution in [3.63, 3.8) is 0 Å². The minimum atomic E-state index is 0.0418. The van der Waals surface area contributed by atoms with E-state index in [-0.39, 0.29) is 5.91 Å². The van der Waals surface area contributed by atoms with Crippen molar-refractivity contribution in [3.05, 3.63) is 48.4 Å². The minimum Gasteiger partial charge on any atom is -0.353 e. The number of fused-ring (bicyclic) bond motifs is 1. The molecule has 0 fully saturated rings. The number of carbonyl (C=O) groups excluding carboxylic acids is 1. The first kappa shape index (κ1) is 12.4. The van der Waals surface area contributed by atoms with Crippen LogP contribution >= 0.6 is 0 Å². The molecule has 0 saturated carbocycles. The zero-order chi connectivity index (χ0) is 13.0. The van der Waals surface area contributed by atoms with Gasteiger partial charge in [0.05, 0.1) is 5.69 Å². The molecule has 0 unspecified atom stereocenters. The van der Waals surface area contributed by atoms with E-state index in [0.717, 1.165) is 17.0 Å². The highest BCUT2D eigenvalue weighted by molar-refractivity contribution is 5.76. The number of hydrogen-bond acceptors (Lipinski definition) is 2. The fraction of sp³-hybridized carbons (Fsp3) is 0.286. The molecule has 0 aliphatic heterocycles. The first-order valence-electron chi connectivity index (χ1n) is 6.02. The summed E-state index contributed by atoms with van der Waals surface area (Å²) in [6.45, 7) is 6.06. The first-order chi connectivity index (χ1) is 8.72. The van der Waals surface area contributed by atoms with Gasteiger partial charge in [-0.05, 0) is 25.5 Å². The third-order valence-electron chi connectivity index (χ3n) is 2.86. The summed E-state index contributed by atoms with van der Waals surface area (Å²) in [5.41, 5.74) is 3.01. The van der Waals surface area contributed by atoms with Gasteiger partial charge in [0.15, 0.2) is 0 Å². The maximum absolute atomic E-state index is 11.6. The highest BCUT2D eigenvalue weighted by atomic mass is 16.1. The molecule has 0 aromatic carbocycles. The highest BCUT2D eigenvalue weighted by Crippen LogP contribution is 2.13. The number of hydrogen-bond donors (Lipinski definition) is 1. The van der Waals surface area contributed by atoms with Gasteiger partial charge >= 0.3 is 0 Å². The van der Waals surface area contributed by atoms with Crippen LogP contribution in [0.5, 0.6) is 0 Å². The Labute approximate surface area is 106 Å². The van der Waals surface area contributed by atoms with E-state index in [0.29, 0.717) is 19.4 Å². The predicted molar refractivity (Wildman–Crippen MR) is 71.5 cm³/mol. The molecule has 0 spiro atoms. The number of aryl methyl sites for hydroxylation is 2. The fourth-order valence-electron chi connectivity index (χ4n) is 1.97. The molecule has 1 amide bonds. The summed E-state index contributed by atoms with van der Waals surface area (Å²) in [4.78, 5) is 16.0. The van der Waals surface area contributed by atoms with Crippen molar-refractivity contribution in [2.75, 3.05) is 6.54 Å². The molecule has 0 saturated heterocycles. The van der Waals surface area contributed by atoms with Gasteiger partial charge in [-0.2, -0.15) is 0 Å². The molecule has 0 bridgehead atoms. The average Bonchev–Trinajstić information content (AvgIpc) is 2.69. The van der Waals surface area contributed by atoms with Crippen molar-refractivity contribution in [2.45, 2.75) is 19.8 Å². The van der Waals surface area contributed by atoms with Crippen molar-refractivity contribution in [1.82, 2.24) is 14.7 Å². The molecule has 18 heavy (non-hydrogen) atoms. The molecule has 94 valence electrons. The second kappa shape index (κ2) is 5.49. The Bertz CT molecular complexity index is 571. The maximum Gasteiger partial charge on any atom is 0.220 e. The lowest BCUT2D eigenvalue weighted by molar-refractivity contribution is -0.120. The number of nitrogens with zero attached hydrogens (tertiary/aromatic N) is 2. The Morgan fingerprint density at radius 2 is 2.39 bits per heavy atom. The number of imidazole rings is 1. The van der Waals surface area contributed by atoms with Crippen LogP contribution in [0.3, 0.4) is 0 Å². The van der Waals surface area contributed by atoms with Crippen molar-refractivity contribution < 1.29 is 4.79 Å². The Morgan fingerprint density at radius 1 is 1.56 bits per heavy atom. The molecule has 0 aliphatic rings. The van der Waals surface area contributed by atoms with Crippen LogP contribution in [-0.4, -0.2) is 21.8 Å². The van der Waals surface area contributed by atoms with Crippen LogP contribution in [-0.2, 0) is 11.2 Å². The van der Waals surface area contributed by atoms with E-state index in [2.05, 4.69) is 16.9 Å². The molecule has 2 aromatic heterocycles. The molecule has 2 rings (SSSR count). The topological polar surface area (TPSA) is 46.4 Å². The van der Waals surface area contributed by atoms with Crippen molar-refractivity contribution in [1.29, 1.82) is 0 Å². The Balaban J connectivity index is 2.09. The summed E-state index contributed by atoms with van der Waals surface area (Å²) in [6.07, 6.45) is 4.82. The summed E-state index contributed by atoms with van der Waals surface area (Å²) in [7, 11) is 0. The summed E-state index contributed by atoms with van der Waals surface area (Å²) in [5, 5.41) is 2.78. The van der Waals surface area contributed by atoms with Gasteiger partial charge in [0.2, 0.25) is 5.91 Å². The number of carbonyl (C=O) groups is 1. The number of nitrogens with one attached hydrogen (secondary N) is 1. The van der Waals surface area contributed by atoms with Crippen molar-refractivity contribution in [3.8, 4) is 0 Å². The average molecular weight is 243 g/mol. The van der Waals surface area contributed by atoms with Crippen LogP contribution < -0.4 is 5.32 Å². The van der Waals surface area contributed by atoms with Crippen LogP contribution in [0.2, 0.25) is 0 Å². The third-order valence-corrected chi connectivity index (χ3v) is 2.86. The Morgan fingerprint density at radius 3 is 3.17 bits per heavy atom. The lowest BCUT2D eigenvalue weighted by Crippen LogP contribution is -2.23. The molecule has 0 radical (unpaired) electrons. The van der Waals surface area contributed by atoms with E-state index in [4.69, 9.17) is 0 Å². The van der Waals surface area contributed by atoms with E-state index in [1.807, 2.05) is 35.7 Å². The van der Waals surface area contributed by atoms with Crippen LogP contribution in [0, 0.1) is 6.92 Å². The molecule has 4 nitrogen and oxygen atoms in total. The second-order valence-electron chi connectivity index (χ2n) is 4.17. The molecular formula is C14H17N3O. The van der Waals surface area contributed by atoms with E-state index >= 15 is 0 Å². The summed E-state index contributed by atoms with van der Waals surface area (Å²) in [5.74, 6) is 0.0418. The molecule has 2 aromatic rings. The number of pyridine rings is 1. The highest BCUT2D eigenvalue weighted by Gasteiger charge is 2.09. The van der Waals surface area contributed by atoms with Crippen molar-refractivity contribution in [2.24, 2.45) is 0 Å². The van der Waals surface area contributed by atoms with Gasteiger partial charge in [-0.1, -0.05) is 12.1 Å². The standard InChI is InChI=1S/C14H17N3O/c1-3-9-15-14(18)8-7-12-11(2)16-13-6-4-5-10-17(12)13/h3-6,10H,1,7-9H2,2H3,(H,15,18). The maximum atomic E-state index is 11.6. The van der Waals surface area contributed by atoms with Crippen LogP contribution in [0.25, 0.3) is 5.65 Å². The lowest BCUT2D eigenvalue weighted by Gasteiger charge is -2.04. The number of aromatic nitrogens is 2. The lowest BCUT2D eigenvalue weighted by atomic mass is 10.2. The molecule has 4 heteroatoms. The SMILES string of the molecule is C=CCNC(=O)CCc1c(C)nc2ccccn12.